The first-order valence-corrected chi connectivity index (χ1v) is 17.0. The van der Waals surface area contributed by atoms with Crippen LogP contribution in [-0.2, 0) is 38.4 Å². The highest BCUT2D eigenvalue weighted by molar-refractivity contribution is 5.98. The second-order valence-corrected chi connectivity index (χ2v) is 13.3. The van der Waals surface area contributed by atoms with Crippen molar-refractivity contribution in [3.05, 3.63) is 0 Å². The zero-order valence-electron chi connectivity index (χ0n) is 30.0. The van der Waals surface area contributed by atoms with Crippen LogP contribution in [0.4, 0.5) is 0 Å². The van der Waals surface area contributed by atoms with E-state index in [1.165, 1.54) is 11.8 Å². The van der Waals surface area contributed by atoms with Crippen molar-refractivity contribution in [3.8, 4) is 0 Å². The summed E-state index contributed by atoms with van der Waals surface area (Å²) in [6, 6.07) is -7.49. The van der Waals surface area contributed by atoms with Gasteiger partial charge in [0.05, 0.1) is 25.1 Å². The molecule has 0 bridgehead atoms. The summed E-state index contributed by atoms with van der Waals surface area (Å²) in [6.07, 6.45) is -0.442. The van der Waals surface area contributed by atoms with Gasteiger partial charge in [-0.15, -0.1) is 0 Å². The highest BCUT2D eigenvalue weighted by atomic mass is 16.4. The van der Waals surface area contributed by atoms with Gasteiger partial charge in [-0.1, -0.05) is 54.4 Å². The minimum atomic E-state index is -1.66. The monoisotopic (exact) mass is 712 g/mol. The Morgan fingerprint density at radius 2 is 1.38 bits per heavy atom. The van der Waals surface area contributed by atoms with E-state index in [4.69, 9.17) is 11.5 Å². The normalized spacial score (nSPS) is 19.1. The van der Waals surface area contributed by atoms with E-state index in [1.807, 2.05) is 6.92 Å². The molecule has 0 aromatic carbocycles. The molecule has 9 atom stereocenters. The van der Waals surface area contributed by atoms with Crippen LogP contribution in [-0.4, -0.2) is 118 Å². The van der Waals surface area contributed by atoms with E-state index in [0.717, 1.165) is 0 Å². The van der Waals surface area contributed by atoms with Crippen molar-refractivity contribution in [2.75, 3.05) is 13.1 Å². The number of likely N-dealkylation sites (tertiary alicyclic amines) is 1. The molecular formula is C32H56N8O10. The van der Waals surface area contributed by atoms with Crippen LogP contribution in [0.1, 0.15) is 80.6 Å². The average molecular weight is 713 g/mol. The summed E-state index contributed by atoms with van der Waals surface area (Å²) in [6.45, 7) is 11.2. The maximum atomic E-state index is 13.8. The topological polar surface area (TPSA) is 292 Å². The smallest absolute Gasteiger partial charge is 0.326 e. The van der Waals surface area contributed by atoms with Gasteiger partial charge in [0.15, 0.2) is 0 Å². The van der Waals surface area contributed by atoms with E-state index in [-0.39, 0.29) is 18.9 Å². The lowest BCUT2D eigenvalue weighted by atomic mass is 9.96. The van der Waals surface area contributed by atoms with E-state index in [9.17, 15) is 48.6 Å². The molecule has 0 saturated carbocycles. The van der Waals surface area contributed by atoms with Crippen molar-refractivity contribution in [2.24, 2.45) is 29.2 Å². The number of carboxylic acid groups (broad SMARTS) is 1. The molecule has 1 heterocycles. The minimum absolute atomic E-state index is 0.164. The summed E-state index contributed by atoms with van der Waals surface area (Å²) in [5, 5.41) is 32.0. The SMILES string of the molecule is CC[C@H](C)[C@H](N)C(=O)NCC(=O)N[C@@H](CC(N)=O)C(=O)N[C@H](C(=O)N[C@H](C(=O)N1CCC[C@H]1C(=O)N[C@H](C(=O)O)C(C)C)[C@@H](C)CC)[C@@H](C)O. The summed E-state index contributed by atoms with van der Waals surface area (Å²) >= 11 is 0. The summed E-state index contributed by atoms with van der Waals surface area (Å²) in [7, 11) is 0. The van der Waals surface area contributed by atoms with Crippen molar-refractivity contribution in [2.45, 2.75) is 123 Å². The lowest BCUT2D eigenvalue weighted by Gasteiger charge is -2.33. The van der Waals surface area contributed by atoms with E-state index in [2.05, 4.69) is 26.6 Å². The lowest BCUT2D eigenvalue weighted by Crippen LogP contribution is -2.62. The molecule has 0 aromatic rings. The highest BCUT2D eigenvalue weighted by Gasteiger charge is 2.41. The zero-order valence-corrected chi connectivity index (χ0v) is 30.0. The molecule has 11 N–H and O–H groups in total. The van der Waals surface area contributed by atoms with Crippen molar-refractivity contribution >= 4 is 47.3 Å². The van der Waals surface area contributed by atoms with Crippen LogP contribution < -0.4 is 38.1 Å². The Balaban J connectivity index is 3.13. The number of nitrogens with one attached hydrogen (secondary N) is 5. The number of carboxylic acids is 1. The number of aliphatic carboxylic acids is 1. The number of hydrogen-bond acceptors (Lipinski definition) is 10. The van der Waals surface area contributed by atoms with Gasteiger partial charge in [0.2, 0.25) is 41.4 Å². The number of carbonyl (C=O) groups is 8. The van der Waals surface area contributed by atoms with Gasteiger partial charge < -0.3 is 53.2 Å². The molecule has 0 aliphatic carbocycles. The van der Waals surface area contributed by atoms with Gasteiger partial charge in [-0.2, -0.15) is 0 Å². The molecule has 1 fully saturated rings. The van der Waals surface area contributed by atoms with Crippen molar-refractivity contribution in [1.82, 2.24) is 31.5 Å². The van der Waals surface area contributed by atoms with E-state index in [0.29, 0.717) is 19.3 Å². The minimum Gasteiger partial charge on any atom is -0.480 e. The molecule has 0 unspecified atom stereocenters. The van der Waals surface area contributed by atoms with Crippen LogP contribution in [0.3, 0.4) is 0 Å². The number of aliphatic hydroxyl groups excluding tert-OH is 1. The molecule has 1 rings (SSSR count). The highest BCUT2D eigenvalue weighted by Crippen LogP contribution is 2.22. The Kier molecular flexibility index (Phi) is 17.8. The molecule has 1 aliphatic rings. The molecule has 1 saturated heterocycles. The summed E-state index contributed by atoms with van der Waals surface area (Å²) in [5.74, 6) is -7.96. The van der Waals surface area contributed by atoms with E-state index < -0.39 is 114 Å². The van der Waals surface area contributed by atoms with Crippen LogP contribution in [0.15, 0.2) is 0 Å². The second kappa shape index (κ2) is 20.4. The predicted octanol–water partition coefficient (Wildman–Crippen LogP) is -2.55. The quantitative estimate of drug-likeness (QED) is 0.0633. The van der Waals surface area contributed by atoms with E-state index >= 15 is 0 Å². The molecular weight excluding hydrogens is 656 g/mol. The molecule has 1 aliphatic heterocycles. The number of primary amides is 1. The first-order chi connectivity index (χ1) is 23.3. The Morgan fingerprint density at radius 3 is 1.88 bits per heavy atom. The molecule has 18 nitrogen and oxygen atoms in total. The number of carbonyl (C=O) groups excluding carboxylic acids is 7. The van der Waals surface area contributed by atoms with Gasteiger partial charge in [0, 0.05) is 6.54 Å². The fourth-order valence-electron chi connectivity index (χ4n) is 5.28. The van der Waals surface area contributed by atoms with Crippen molar-refractivity contribution in [3.63, 3.8) is 0 Å². The maximum Gasteiger partial charge on any atom is 0.326 e. The number of hydrogen-bond donors (Lipinski definition) is 9. The molecule has 0 spiro atoms. The Morgan fingerprint density at radius 1 is 0.800 bits per heavy atom. The van der Waals surface area contributed by atoms with Crippen LogP contribution in [0.25, 0.3) is 0 Å². The average Bonchev–Trinajstić information content (AvgIpc) is 3.55. The fraction of sp³-hybridized carbons (Fsp3) is 0.750. The van der Waals surface area contributed by atoms with Gasteiger partial charge in [0.25, 0.3) is 0 Å². The number of nitrogens with two attached hydrogens (primary N) is 2. The lowest BCUT2D eigenvalue weighted by molar-refractivity contribution is -0.146. The van der Waals surface area contributed by atoms with Gasteiger partial charge in [0.1, 0.15) is 30.2 Å². The van der Waals surface area contributed by atoms with Gasteiger partial charge >= 0.3 is 5.97 Å². The van der Waals surface area contributed by atoms with Crippen molar-refractivity contribution < 1.29 is 48.6 Å². The standard InChI is InChI=1S/C32H56N8O10/c1-8-16(5)23(34)29(46)35-14-22(43)36-19(13-21(33)42)27(44)39-26(18(7)41)30(47)38-25(17(6)9-2)31(48)40-12-10-11-20(40)28(45)37-24(15(3)4)32(49)50/h15-20,23-26,41H,8-14,34H2,1-7H3,(H2,33,42)(H,35,46)(H,36,43)(H,37,45)(H,38,47)(H,39,44)(H,49,50)/t16-,17-,18+,19-,20-,23-,24-,25-,26-/m0/s1. The number of rotatable bonds is 20. The fourth-order valence-corrected chi connectivity index (χ4v) is 5.28. The first kappa shape index (κ1) is 43.7. The third-order valence-corrected chi connectivity index (χ3v) is 8.95. The Hall–Kier alpha value is -4.32. The summed E-state index contributed by atoms with van der Waals surface area (Å²) in [5.41, 5.74) is 11.1. The molecule has 284 valence electrons. The third kappa shape index (κ3) is 12.9. The number of aliphatic hydroxyl groups is 1. The second-order valence-electron chi connectivity index (χ2n) is 13.3. The van der Waals surface area contributed by atoms with Crippen molar-refractivity contribution in [1.29, 1.82) is 0 Å². The number of nitrogens with zero attached hydrogens (tertiary/aromatic N) is 1. The largest absolute Gasteiger partial charge is 0.480 e. The van der Waals surface area contributed by atoms with Crippen LogP contribution in [0.5, 0.6) is 0 Å². The molecule has 18 heteroatoms. The molecule has 7 amide bonds. The predicted molar refractivity (Wildman–Crippen MR) is 180 cm³/mol. The molecule has 50 heavy (non-hydrogen) atoms. The third-order valence-electron chi connectivity index (χ3n) is 8.95. The zero-order chi connectivity index (χ0) is 38.5. The van der Waals surface area contributed by atoms with Crippen LogP contribution in [0, 0.1) is 17.8 Å². The first-order valence-electron chi connectivity index (χ1n) is 17.0. The van der Waals surface area contributed by atoms with Gasteiger partial charge in [-0.25, -0.2) is 4.79 Å². The van der Waals surface area contributed by atoms with Crippen LogP contribution in [0.2, 0.25) is 0 Å². The molecule has 0 radical (unpaired) electrons. The van der Waals surface area contributed by atoms with Gasteiger partial charge in [-0.05, 0) is 37.5 Å². The Bertz CT molecular complexity index is 1250. The molecule has 0 aromatic heterocycles. The van der Waals surface area contributed by atoms with Gasteiger partial charge in [-0.3, -0.25) is 33.6 Å². The Labute approximate surface area is 292 Å². The van der Waals surface area contributed by atoms with Crippen LogP contribution >= 0.6 is 0 Å². The number of amides is 7. The van der Waals surface area contributed by atoms with E-state index in [1.54, 1.807) is 34.6 Å². The maximum absolute atomic E-state index is 13.8. The summed E-state index contributed by atoms with van der Waals surface area (Å²) in [4.78, 5) is 103. The summed E-state index contributed by atoms with van der Waals surface area (Å²) < 4.78 is 0.